The lowest BCUT2D eigenvalue weighted by atomic mass is 9.86. The standard InChI is InChI=1S/C18H19N3O3/c1-13-2-4-14(5-3-13)21-12-18(10-16(21)22)7-9-20(11-18)17(23)15-6-8-19-24-15/h2-6,8H,7,9-12H2,1H3/t18-/m0/s1. The molecule has 2 fully saturated rings. The second kappa shape index (κ2) is 5.47. The third kappa shape index (κ3) is 2.48. The van der Waals surface area contributed by atoms with Gasteiger partial charge in [0, 0.05) is 43.2 Å². The topological polar surface area (TPSA) is 66.7 Å². The molecule has 1 spiro atoms. The summed E-state index contributed by atoms with van der Waals surface area (Å²) < 4.78 is 4.96. The molecule has 0 N–H and O–H groups in total. The Balaban J connectivity index is 1.50. The predicted molar refractivity (Wildman–Crippen MR) is 87.6 cm³/mol. The Bertz CT molecular complexity index is 769. The molecular formula is C18H19N3O3. The Hall–Kier alpha value is -2.63. The Morgan fingerprint density at radius 3 is 2.71 bits per heavy atom. The van der Waals surface area contributed by atoms with Crippen LogP contribution in [0.3, 0.4) is 0 Å². The zero-order valence-corrected chi connectivity index (χ0v) is 13.6. The van der Waals surface area contributed by atoms with Crippen LogP contribution < -0.4 is 4.90 Å². The molecule has 0 saturated carbocycles. The van der Waals surface area contributed by atoms with Crippen LogP contribution in [-0.4, -0.2) is 41.5 Å². The van der Waals surface area contributed by atoms with Crippen molar-refractivity contribution in [3.63, 3.8) is 0 Å². The Morgan fingerprint density at radius 2 is 2.00 bits per heavy atom. The van der Waals surface area contributed by atoms with E-state index in [4.69, 9.17) is 4.52 Å². The molecule has 2 amide bonds. The predicted octanol–water partition coefficient (Wildman–Crippen LogP) is 2.25. The van der Waals surface area contributed by atoms with Crippen molar-refractivity contribution in [3.05, 3.63) is 47.9 Å². The molecule has 6 nitrogen and oxygen atoms in total. The van der Waals surface area contributed by atoms with Gasteiger partial charge < -0.3 is 14.3 Å². The number of anilines is 1. The molecule has 1 aromatic carbocycles. The van der Waals surface area contributed by atoms with Crippen LogP contribution in [0.2, 0.25) is 0 Å². The molecule has 2 saturated heterocycles. The Kier molecular flexibility index (Phi) is 3.40. The molecule has 4 rings (SSSR count). The fourth-order valence-corrected chi connectivity index (χ4v) is 3.72. The van der Waals surface area contributed by atoms with Gasteiger partial charge in [0.25, 0.3) is 5.91 Å². The quantitative estimate of drug-likeness (QED) is 0.849. The number of nitrogens with zero attached hydrogens (tertiary/aromatic N) is 3. The van der Waals surface area contributed by atoms with E-state index in [1.807, 2.05) is 36.1 Å². The lowest BCUT2D eigenvalue weighted by molar-refractivity contribution is -0.117. The minimum atomic E-state index is -0.155. The van der Waals surface area contributed by atoms with Crippen molar-refractivity contribution in [2.45, 2.75) is 19.8 Å². The zero-order chi connectivity index (χ0) is 16.7. The number of benzene rings is 1. The first kappa shape index (κ1) is 14.9. The molecule has 0 radical (unpaired) electrons. The molecule has 0 bridgehead atoms. The van der Waals surface area contributed by atoms with Gasteiger partial charge in [-0.15, -0.1) is 0 Å². The van der Waals surface area contributed by atoms with E-state index in [0.29, 0.717) is 26.1 Å². The average Bonchev–Trinajstić information content (AvgIpc) is 3.29. The summed E-state index contributed by atoms with van der Waals surface area (Å²) in [6.07, 6.45) is 2.79. The minimum Gasteiger partial charge on any atom is -0.351 e. The number of aromatic nitrogens is 1. The van der Waals surface area contributed by atoms with E-state index in [-0.39, 0.29) is 23.0 Å². The van der Waals surface area contributed by atoms with E-state index >= 15 is 0 Å². The third-order valence-electron chi connectivity index (χ3n) is 5.04. The molecule has 6 heteroatoms. The van der Waals surface area contributed by atoms with Gasteiger partial charge in [-0.1, -0.05) is 22.9 Å². The van der Waals surface area contributed by atoms with E-state index in [9.17, 15) is 9.59 Å². The molecule has 2 aromatic rings. The van der Waals surface area contributed by atoms with E-state index in [2.05, 4.69) is 5.16 Å². The maximum Gasteiger partial charge on any atom is 0.292 e. The molecule has 1 aromatic heterocycles. The highest BCUT2D eigenvalue weighted by atomic mass is 16.5. The lowest BCUT2D eigenvalue weighted by Gasteiger charge is -2.24. The Morgan fingerprint density at radius 1 is 1.21 bits per heavy atom. The lowest BCUT2D eigenvalue weighted by Crippen LogP contribution is -2.34. The number of carbonyl (C=O) groups excluding carboxylic acids is 2. The molecule has 24 heavy (non-hydrogen) atoms. The maximum atomic E-state index is 12.5. The Labute approximate surface area is 140 Å². The fourth-order valence-electron chi connectivity index (χ4n) is 3.72. The largest absolute Gasteiger partial charge is 0.351 e. The van der Waals surface area contributed by atoms with Crippen LogP contribution in [0.4, 0.5) is 5.69 Å². The summed E-state index contributed by atoms with van der Waals surface area (Å²) in [5.41, 5.74) is 1.95. The van der Waals surface area contributed by atoms with E-state index in [1.54, 1.807) is 11.0 Å². The highest BCUT2D eigenvalue weighted by Gasteiger charge is 2.49. The van der Waals surface area contributed by atoms with Gasteiger partial charge in [-0.25, -0.2) is 0 Å². The van der Waals surface area contributed by atoms with E-state index < -0.39 is 0 Å². The molecule has 3 heterocycles. The summed E-state index contributed by atoms with van der Waals surface area (Å²) in [5, 5.41) is 3.59. The van der Waals surface area contributed by atoms with Crippen LogP contribution in [0.1, 0.15) is 29.0 Å². The van der Waals surface area contributed by atoms with E-state index in [0.717, 1.165) is 12.1 Å². The first-order chi connectivity index (χ1) is 11.6. The summed E-state index contributed by atoms with van der Waals surface area (Å²) in [6, 6.07) is 9.58. The minimum absolute atomic E-state index is 0.132. The van der Waals surface area contributed by atoms with Crippen LogP contribution in [0.5, 0.6) is 0 Å². The smallest absolute Gasteiger partial charge is 0.292 e. The number of likely N-dealkylation sites (tertiary alicyclic amines) is 1. The molecule has 124 valence electrons. The second-order valence-corrected chi connectivity index (χ2v) is 6.85. The summed E-state index contributed by atoms with van der Waals surface area (Å²) in [6.45, 7) is 3.92. The zero-order valence-electron chi connectivity index (χ0n) is 13.6. The average molecular weight is 325 g/mol. The number of hydrogen-bond donors (Lipinski definition) is 0. The van der Waals surface area contributed by atoms with Crippen LogP contribution in [0.25, 0.3) is 0 Å². The van der Waals surface area contributed by atoms with Crippen LogP contribution in [0, 0.1) is 12.3 Å². The highest BCUT2D eigenvalue weighted by molar-refractivity contribution is 5.97. The van der Waals surface area contributed by atoms with E-state index in [1.165, 1.54) is 11.8 Å². The van der Waals surface area contributed by atoms with Crippen molar-refractivity contribution in [1.82, 2.24) is 10.1 Å². The van der Waals surface area contributed by atoms with Gasteiger partial charge in [0.1, 0.15) is 0 Å². The van der Waals surface area contributed by atoms with Gasteiger partial charge in [-0.2, -0.15) is 0 Å². The van der Waals surface area contributed by atoms with Gasteiger partial charge in [-0.05, 0) is 25.5 Å². The number of amides is 2. The SMILES string of the molecule is Cc1ccc(N2C[C@@]3(CCN(C(=O)c4ccno4)C3)CC2=O)cc1. The second-order valence-electron chi connectivity index (χ2n) is 6.85. The number of aryl methyl sites for hydroxylation is 1. The van der Waals surface area contributed by atoms with Crippen molar-refractivity contribution >= 4 is 17.5 Å². The van der Waals surface area contributed by atoms with Gasteiger partial charge in [0.2, 0.25) is 11.7 Å². The number of hydrogen-bond acceptors (Lipinski definition) is 4. The molecular weight excluding hydrogens is 306 g/mol. The molecule has 1 atom stereocenters. The summed E-state index contributed by atoms with van der Waals surface area (Å²) in [7, 11) is 0. The maximum absolute atomic E-state index is 12.5. The van der Waals surface area contributed by atoms with Crippen molar-refractivity contribution in [3.8, 4) is 0 Å². The van der Waals surface area contributed by atoms with Crippen molar-refractivity contribution < 1.29 is 14.1 Å². The first-order valence-corrected chi connectivity index (χ1v) is 8.13. The first-order valence-electron chi connectivity index (χ1n) is 8.13. The highest BCUT2D eigenvalue weighted by Crippen LogP contribution is 2.42. The van der Waals surface area contributed by atoms with Crippen molar-refractivity contribution in [1.29, 1.82) is 0 Å². The summed E-state index contributed by atoms with van der Waals surface area (Å²) >= 11 is 0. The number of rotatable bonds is 2. The third-order valence-corrected chi connectivity index (χ3v) is 5.04. The molecule has 2 aliphatic heterocycles. The van der Waals surface area contributed by atoms with Crippen molar-refractivity contribution in [2.75, 3.05) is 24.5 Å². The van der Waals surface area contributed by atoms with Crippen LogP contribution >= 0.6 is 0 Å². The normalized spacial score (nSPS) is 23.5. The van der Waals surface area contributed by atoms with Gasteiger partial charge in [-0.3, -0.25) is 9.59 Å². The molecule has 0 aliphatic carbocycles. The van der Waals surface area contributed by atoms with Gasteiger partial charge in [0.15, 0.2) is 0 Å². The number of carbonyl (C=O) groups is 2. The van der Waals surface area contributed by atoms with Crippen LogP contribution in [0.15, 0.2) is 41.1 Å². The monoisotopic (exact) mass is 325 g/mol. The molecule has 0 unspecified atom stereocenters. The summed E-state index contributed by atoms with van der Waals surface area (Å²) in [5.74, 6) is 0.241. The van der Waals surface area contributed by atoms with Gasteiger partial charge in [0.05, 0.1) is 6.20 Å². The van der Waals surface area contributed by atoms with Crippen LogP contribution in [-0.2, 0) is 4.79 Å². The molecule has 2 aliphatic rings. The summed E-state index contributed by atoms with van der Waals surface area (Å²) in [4.78, 5) is 28.6. The fraction of sp³-hybridized carbons (Fsp3) is 0.389. The van der Waals surface area contributed by atoms with Crippen molar-refractivity contribution in [2.24, 2.45) is 5.41 Å². The van der Waals surface area contributed by atoms with Gasteiger partial charge >= 0.3 is 0 Å².